The lowest BCUT2D eigenvalue weighted by atomic mass is 9.93. The molecule has 1 aliphatic rings. The molecule has 0 amide bonds. The maximum absolute atomic E-state index is 12.8. The number of aryl methyl sites for hydroxylation is 1. The molecule has 170 valence electrons. The van der Waals surface area contributed by atoms with Crippen LogP contribution in [0.4, 0.5) is 19.0 Å². The number of benzene rings is 2. The first kappa shape index (κ1) is 24.3. The van der Waals surface area contributed by atoms with Crippen LogP contribution in [0.2, 0.25) is 5.02 Å². The van der Waals surface area contributed by atoms with E-state index in [2.05, 4.69) is 22.9 Å². The summed E-state index contributed by atoms with van der Waals surface area (Å²) in [7, 11) is 0. The number of halogens is 5. The Hall–Kier alpha value is -2.31. The van der Waals surface area contributed by atoms with Crippen LogP contribution in [0.1, 0.15) is 52.3 Å². The zero-order valence-electron chi connectivity index (χ0n) is 18.0. The van der Waals surface area contributed by atoms with Gasteiger partial charge in [0.05, 0.1) is 11.6 Å². The average molecular weight is 482 g/mol. The first-order chi connectivity index (χ1) is 14.6. The number of nitrogens with zero attached hydrogens (tertiary/aromatic N) is 3. The van der Waals surface area contributed by atoms with Crippen molar-refractivity contribution in [3.05, 3.63) is 86.8 Å². The molecule has 0 saturated heterocycles. The number of hydrogen-bond donors (Lipinski definition) is 0. The van der Waals surface area contributed by atoms with Crippen LogP contribution in [0.3, 0.4) is 0 Å². The van der Waals surface area contributed by atoms with Crippen LogP contribution < -0.4 is 4.90 Å². The smallest absolute Gasteiger partial charge is 0.349 e. The van der Waals surface area contributed by atoms with E-state index in [4.69, 9.17) is 16.6 Å². The molecule has 2 aromatic carbocycles. The van der Waals surface area contributed by atoms with Gasteiger partial charge in [-0.05, 0) is 68.1 Å². The lowest BCUT2D eigenvalue weighted by molar-refractivity contribution is -0.137. The molecular weight excluding hydrogens is 458 g/mol. The van der Waals surface area contributed by atoms with E-state index in [9.17, 15) is 13.2 Å². The average Bonchev–Trinajstić information content (AvgIpc) is 2.71. The van der Waals surface area contributed by atoms with Crippen molar-refractivity contribution < 1.29 is 13.2 Å². The van der Waals surface area contributed by atoms with E-state index in [-0.39, 0.29) is 18.4 Å². The summed E-state index contributed by atoms with van der Waals surface area (Å²) in [6.07, 6.45) is -3.09. The topological polar surface area (TPSA) is 29.0 Å². The van der Waals surface area contributed by atoms with E-state index in [0.29, 0.717) is 12.2 Å². The molecule has 3 aromatic rings. The van der Waals surface area contributed by atoms with Gasteiger partial charge in [-0.15, -0.1) is 12.4 Å². The van der Waals surface area contributed by atoms with Crippen molar-refractivity contribution in [1.29, 1.82) is 0 Å². The largest absolute Gasteiger partial charge is 0.416 e. The van der Waals surface area contributed by atoms with Gasteiger partial charge in [-0.2, -0.15) is 13.2 Å². The van der Waals surface area contributed by atoms with Crippen LogP contribution in [-0.4, -0.2) is 16.5 Å². The highest BCUT2D eigenvalue weighted by atomic mass is 35.5. The summed E-state index contributed by atoms with van der Waals surface area (Å²) in [4.78, 5) is 11.7. The molecule has 1 aromatic heterocycles. The molecule has 1 unspecified atom stereocenters. The predicted molar refractivity (Wildman–Crippen MR) is 124 cm³/mol. The third-order valence-electron chi connectivity index (χ3n) is 5.97. The predicted octanol–water partition coefficient (Wildman–Crippen LogP) is 6.90. The minimum atomic E-state index is -4.34. The van der Waals surface area contributed by atoms with Crippen LogP contribution in [0.15, 0.2) is 42.5 Å². The Bertz CT molecular complexity index is 1110. The lowest BCUT2D eigenvalue weighted by Gasteiger charge is -2.37. The lowest BCUT2D eigenvalue weighted by Crippen LogP contribution is -2.35. The van der Waals surface area contributed by atoms with Gasteiger partial charge in [-0.3, -0.25) is 0 Å². The number of aromatic nitrogens is 2. The van der Waals surface area contributed by atoms with Crippen molar-refractivity contribution in [3.63, 3.8) is 0 Å². The summed E-state index contributed by atoms with van der Waals surface area (Å²) in [5.74, 6) is 1.48. The van der Waals surface area contributed by atoms with Crippen molar-refractivity contribution in [2.75, 3.05) is 11.4 Å². The van der Waals surface area contributed by atoms with Gasteiger partial charge in [0.2, 0.25) is 0 Å². The molecule has 0 bridgehead atoms. The third kappa shape index (κ3) is 4.86. The number of fused-ring (bicyclic) bond motifs is 1. The second kappa shape index (κ2) is 9.28. The monoisotopic (exact) mass is 481 g/mol. The highest BCUT2D eigenvalue weighted by Crippen LogP contribution is 2.36. The molecule has 0 N–H and O–H groups in total. The molecule has 0 saturated carbocycles. The first-order valence-corrected chi connectivity index (χ1v) is 10.6. The summed E-state index contributed by atoms with van der Waals surface area (Å²) in [6.45, 7) is 6.92. The molecule has 0 aliphatic carbocycles. The van der Waals surface area contributed by atoms with Gasteiger partial charge in [0.1, 0.15) is 11.6 Å². The zero-order chi connectivity index (χ0) is 22.3. The standard InChI is InChI=1S/C24H23ClF3N3.ClH/c1-14-15(2)29-22(12-17-4-6-19(7-5-17)24(26,27)28)30-23(14)31-11-10-18-13-20(25)8-9-21(18)16(31)3;/h4-9,13,16H,10-12H2,1-3H3;1H. The Balaban J connectivity index is 0.00000289. The summed E-state index contributed by atoms with van der Waals surface area (Å²) in [5.41, 5.74) is 4.47. The highest BCUT2D eigenvalue weighted by Gasteiger charge is 2.30. The fourth-order valence-corrected chi connectivity index (χ4v) is 4.31. The summed E-state index contributed by atoms with van der Waals surface area (Å²) in [5, 5.41) is 0.743. The van der Waals surface area contributed by atoms with Gasteiger partial charge in [0.15, 0.2) is 0 Å². The van der Waals surface area contributed by atoms with E-state index in [0.717, 1.165) is 52.8 Å². The van der Waals surface area contributed by atoms with Gasteiger partial charge in [0, 0.05) is 29.2 Å². The highest BCUT2D eigenvalue weighted by molar-refractivity contribution is 6.30. The van der Waals surface area contributed by atoms with Crippen LogP contribution >= 0.6 is 24.0 Å². The van der Waals surface area contributed by atoms with Gasteiger partial charge in [0.25, 0.3) is 0 Å². The normalized spacial score (nSPS) is 15.8. The Morgan fingerprint density at radius 1 is 1.06 bits per heavy atom. The van der Waals surface area contributed by atoms with Gasteiger partial charge < -0.3 is 4.90 Å². The Labute approximate surface area is 197 Å². The molecule has 0 fully saturated rings. The molecule has 1 aliphatic heterocycles. The summed E-state index contributed by atoms with van der Waals surface area (Å²) in [6, 6.07) is 11.3. The Morgan fingerprint density at radius 2 is 1.75 bits per heavy atom. The van der Waals surface area contributed by atoms with Gasteiger partial charge >= 0.3 is 6.18 Å². The van der Waals surface area contributed by atoms with Crippen molar-refractivity contribution in [3.8, 4) is 0 Å². The van der Waals surface area contributed by atoms with E-state index in [1.54, 1.807) is 0 Å². The van der Waals surface area contributed by atoms with Crippen molar-refractivity contribution in [2.24, 2.45) is 0 Å². The SMILES string of the molecule is Cc1nc(Cc2ccc(C(F)(F)F)cc2)nc(N2CCc3cc(Cl)ccc3C2C)c1C.Cl. The van der Waals surface area contributed by atoms with Crippen LogP contribution in [-0.2, 0) is 19.0 Å². The molecule has 1 atom stereocenters. The minimum absolute atomic E-state index is 0. The van der Waals surface area contributed by atoms with E-state index >= 15 is 0 Å². The minimum Gasteiger partial charge on any atom is -0.349 e. The molecule has 8 heteroatoms. The molecule has 0 spiro atoms. The maximum Gasteiger partial charge on any atom is 0.416 e. The summed E-state index contributed by atoms with van der Waals surface area (Å²) < 4.78 is 38.5. The number of anilines is 1. The second-order valence-corrected chi connectivity index (χ2v) is 8.44. The molecule has 3 nitrogen and oxygen atoms in total. The molecule has 4 rings (SSSR count). The van der Waals surface area contributed by atoms with Crippen molar-refractivity contribution in [1.82, 2.24) is 9.97 Å². The van der Waals surface area contributed by atoms with E-state index < -0.39 is 11.7 Å². The van der Waals surface area contributed by atoms with Crippen molar-refractivity contribution in [2.45, 2.75) is 45.8 Å². The van der Waals surface area contributed by atoms with E-state index in [1.165, 1.54) is 23.3 Å². The van der Waals surface area contributed by atoms with Crippen LogP contribution in [0, 0.1) is 13.8 Å². The number of hydrogen-bond acceptors (Lipinski definition) is 3. The van der Waals surface area contributed by atoms with E-state index in [1.807, 2.05) is 26.0 Å². The summed E-state index contributed by atoms with van der Waals surface area (Å²) >= 11 is 6.16. The Kier molecular flexibility index (Phi) is 7.06. The van der Waals surface area contributed by atoms with Crippen LogP contribution in [0.5, 0.6) is 0 Å². The zero-order valence-corrected chi connectivity index (χ0v) is 19.6. The molecular formula is C24H24Cl2F3N3. The Morgan fingerprint density at radius 3 is 2.41 bits per heavy atom. The van der Waals surface area contributed by atoms with Gasteiger partial charge in [-0.1, -0.05) is 29.8 Å². The molecule has 32 heavy (non-hydrogen) atoms. The quantitative estimate of drug-likeness (QED) is 0.407. The number of rotatable bonds is 3. The molecule has 0 radical (unpaired) electrons. The first-order valence-electron chi connectivity index (χ1n) is 10.2. The maximum atomic E-state index is 12.8. The fourth-order valence-electron chi connectivity index (χ4n) is 4.11. The third-order valence-corrected chi connectivity index (χ3v) is 6.21. The van der Waals surface area contributed by atoms with Gasteiger partial charge in [-0.25, -0.2) is 9.97 Å². The molecule has 2 heterocycles. The second-order valence-electron chi connectivity index (χ2n) is 8.01. The number of alkyl halides is 3. The van der Waals surface area contributed by atoms with Crippen LogP contribution in [0.25, 0.3) is 0 Å². The fraction of sp³-hybridized carbons (Fsp3) is 0.333. The van der Waals surface area contributed by atoms with Crippen molar-refractivity contribution >= 4 is 29.8 Å².